The van der Waals surface area contributed by atoms with E-state index in [1.807, 2.05) is 30.0 Å². The number of hydrogen-bond donors (Lipinski definition) is 1. The predicted molar refractivity (Wildman–Crippen MR) is 123 cm³/mol. The highest BCUT2D eigenvalue weighted by Gasteiger charge is 2.27. The van der Waals surface area contributed by atoms with Crippen molar-refractivity contribution in [1.29, 1.82) is 0 Å². The second-order valence-electron chi connectivity index (χ2n) is 8.07. The van der Waals surface area contributed by atoms with Gasteiger partial charge in [0.15, 0.2) is 6.10 Å². The Labute approximate surface area is 189 Å². The van der Waals surface area contributed by atoms with Crippen molar-refractivity contribution in [2.75, 3.05) is 37.4 Å². The summed E-state index contributed by atoms with van der Waals surface area (Å²) >= 11 is 0. The van der Waals surface area contributed by atoms with Crippen LogP contribution in [0.5, 0.6) is 0 Å². The molecule has 2 aromatic carbocycles. The minimum absolute atomic E-state index is 0.00531. The van der Waals surface area contributed by atoms with Gasteiger partial charge in [-0.2, -0.15) is 0 Å². The maximum atomic E-state index is 13.1. The third-order valence-corrected chi connectivity index (χ3v) is 7.16. The lowest BCUT2D eigenvalue weighted by Crippen LogP contribution is -2.31. The fourth-order valence-electron chi connectivity index (χ4n) is 3.53. The second-order valence-corrected chi connectivity index (χ2v) is 10.2. The molecule has 1 saturated heterocycles. The first-order valence-electron chi connectivity index (χ1n) is 10.5. The number of rotatable bonds is 7. The Hall–Kier alpha value is -2.91. The molecule has 1 N–H and O–H groups in total. The molecular weight excluding hydrogens is 430 g/mol. The molecule has 1 fully saturated rings. The van der Waals surface area contributed by atoms with Gasteiger partial charge in [0, 0.05) is 32.9 Å². The van der Waals surface area contributed by atoms with Crippen LogP contribution >= 0.6 is 0 Å². The summed E-state index contributed by atoms with van der Waals surface area (Å²) in [5.74, 6) is -1.21. The number of esters is 1. The van der Waals surface area contributed by atoms with E-state index in [-0.39, 0.29) is 10.5 Å². The lowest BCUT2D eigenvalue weighted by molar-refractivity contribution is -0.123. The summed E-state index contributed by atoms with van der Waals surface area (Å²) in [7, 11) is -0.875. The van der Waals surface area contributed by atoms with E-state index in [1.54, 1.807) is 12.1 Å². The van der Waals surface area contributed by atoms with Crippen LogP contribution < -0.4 is 10.2 Å². The van der Waals surface area contributed by atoms with Gasteiger partial charge in [-0.15, -0.1) is 0 Å². The molecule has 0 spiro atoms. The van der Waals surface area contributed by atoms with Gasteiger partial charge in [-0.1, -0.05) is 12.1 Å². The van der Waals surface area contributed by atoms with Crippen molar-refractivity contribution in [2.24, 2.45) is 0 Å². The van der Waals surface area contributed by atoms with E-state index in [0.717, 1.165) is 35.8 Å². The van der Waals surface area contributed by atoms with Crippen molar-refractivity contribution in [3.63, 3.8) is 0 Å². The highest BCUT2D eigenvalue weighted by Crippen LogP contribution is 2.29. The van der Waals surface area contributed by atoms with Crippen LogP contribution in [0.15, 0.2) is 47.4 Å². The van der Waals surface area contributed by atoms with Gasteiger partial charge in [0.1, 0.15) is 0 Å². The van der Waals surface area contributed by atoms with Crippen molar-refractivity contribution < 1.29 is 22.7 Å². The average Bonchev–Trinajstić information content (AvgIpc) is 3.27. The molecule has 1 amide bonds. The average molecular weight is 460 g/mol. The Balaban J connectivity index is 1.85. The SMILES string of the molecule is Cc1cccc(NC(=O)C(C)OC(=O)c2cc(S(=O)(=O)N(C)C)ccc2N2CCCC2)c1. The number of carbonyl (C=O) groups is 2. The van der Waals surface area contributed by atoms with Gasteiger partial charge >= 0.3 is 5.97 Å². The molecule has 1 atom stereocenters. The molecule has 0 bridgehead atoms. The molecule has 0 radical (unpaired) electrons. The molecule has 1 unspecified atom stereocenters. The van der Waals surface area contributed by atoms with Crippen LogP contribution in [0.25, 0.3) is 0 Å². The van der Waals surface area contributed by atoms with Crippen LogP contribution in [0.4, 0.5) is 11.4 Å². The standard InChI is InChI=1S/C23H29N3O5S/c1-16-8-7-9-18(14-16)24-22(27)17(2)31-23(28)20-15-19(32(29,30)25(3)4)10-11-21(20)26-12-5-6-13-26/h7-11,14-15,17H,5-6,12-13H2,1-4H3,(H,24,27). The third-order valence-electron chi connectivity index (χ3n) is 5.35. The number of anilines is 2. The number of carbonyl (C=O) groups excluding carboxylic acids is 2. The molecule has 0 aliphatic carbocycles. The van der Waals surface area contributed by atoms with Crippen molar-refractivity contribution in [3.05, 3.63) is 53.6 Å². The Bertz CT molecular complexity index is 1110. The van der Waals surface area contributed by atoms with Crippen LogP contribution in [-0.4, -0.2) is 57.9 Å². The van der Waals surface area contributed by atoms with E-state index < -0.39 is 28.0 Å². The van der Waals surface area contributed by atoms with E-state index >= 15 is 0 Å². The molecule has 9 heteroatoms. The summed E-state index contributed by atoms with van der Waals surface area (Å²) in [5, 5.41) is 2.73. The number of hydrogen-bond acceptors (Lipinski definition) is 6. The van der Waals surface area contributed by atoms with Crippen molar-refractivity contribution in [3.8, 4) is 0 Å². The number of nitrogens with zero attached hydrogens (tertiary/aromatic N) is 2. The zero-order valence-corrected chi connectivity index (χ0v) is 19.6. The number of sulfonamides is 1. The molecule has 32 heavy (non-hydrogen) atoms. The normalized spacial score (nSPS) is 15.0. The second kappa shape index (κ2) is 9.70. The predicted octanol–water partition coefficient (Wildman–Crippen LogP) is 3.03. The Kier molecular flexibility index (Phi) is 7.20. The first-order chi connectivity index (χ1) is 15.1. The Morgan fingerprint density at radius 3 is 2.41 bits per heavy atom. The molecule has 172 valence electrons. The maximum absolute atomic E-state index is 13.1. The summed E-state index contributed by atoms with van der Waals surface area (Å²) in [6, 6.07) is 11.8. The number of amides is 1. The van der Waals surface area contributed by atoms with Crippen LogP contribution in [0.3, 0.4) is 0 Å². The topological polar surface area (TPSA) is 96.0 Å². The van der Waals surface area contributed by atoms with Gasteiger partial charge in [0.2, 0.25) is 10.0 Å². The minimum atomic E-state index is -3.74. The van der Waals surface area contributed by atoms with Gasteiger partial charge < -0.3 is 15.0 Å². The number of ether oxygens (including phenoxy) is 1. The van der Waals surface area contributed by atoms with E-state index in [2.05, 4.69) is 5.32 Å². The molecule has 2 aromatic rings. The lowest BCUT2D eigenvalue weighted by Gasteiger charge is -2.23. The monoisotopic (exact) mass is 459 g/mol. The largest absolute Gasteiger partial charge is 0.449 e. The Morgan fingerprint density at radius 2 is 1.78 bits per heavy atom. The van der Waals surface area contributed by atoms with E-state index in [9.17, 15) is 18.0 Å². The van der Waals surface area contributed by atoms with Gasteiger partial charge in [-0.25, -0.2) is 17.5 Å². The van der Waals surface area contributed by atoms with Gasteiger partial charge in [0.25, 0.3) is 5.91 Å². The summed E-state index contributed by atoms with van der Waals surface area (Å²) in [5.41, 5.74) is 2.33. The van der Waals surface area contributed by atoms with Gasteiger partial charge in [-0.05, 0) is 62.6 Å². The third kappa shape index (κ3) is 5.28. The van der Waals surface area contributed by atoms with Crippen molar-refractivity contribution in [1.82, 2.24) is 4.31 Å². The quantitative estimate of drug-likeness (QED) is 0.640. The summed E-state index contributed by atoms with van der Waals surface area (Å²) < 4.78 is 31.7. The molecule has 8 nitrogen and oxygen atoms in total. The number of benzene rings is 2. The van der Waals surface area contributed by atoms with Crippen LogP contribution in [0.2, 0.25) is 0 Å². The molecule has 1 heterocycles. The van der Waals surface area contributed by atoms with Crippen LogP contribution in [0, 0.1) is 6.92 Å². The molecular formula is C23H29N3O5S. The smallest absolute Gasteiger partial charge is 0.341 e. The first-order valence-corrected chi connectivity index (χ1v) is 11.9. The zero-order chi connectivity index (χ0) is 23.5. The zero-order valence-electron chi connectivity index (χ0n) is 18.8. The highest BCUT2D eigenvalue weighted by atomic mass is 32.2. The number of aryl methyl sites for hydroxylation is 1. The minimum Gasteiger partial charge on any atom is -0.449 e. The van der Waals surface area contributed by atoms with Crippen molar-refractivity contribution >= 4 is 33.3 Å². The van der Waals surface area contributed by atoms with Gasteiger partial charge in [0.05, 0.1) is 16.1 Å². The van der Waals surface area contributed by atoms with E-state index in [1.165, 1.54) is 33.2 Å². The van der Waals surface area contributed by atoms with Gasteiger partial charge in [-0.3, -0.25) is 4.79 Å². The Morgan fingerprint density at radius 1 is 1.09 bits per heavy atom. The molecule has 1 aliphatic rings. The van der Waals surface area contributed by atoms with Crippen LogP contribution in [0.1, 0.15) is 35.7 Å². The summed E-state index contributed by atoms with van der Waals surface area (Å²) in [4.78, 5) is 27.6. The fourth-order valence-corrected chi connectivity index (χ4v) is 4.46. The van der Waals surface area contributed by atoms with Crippen molar-refractivity contribution in [2.45, 2.75) is 37.7 Å². The lowest BCUT2D eigenvalue weighted by atomic mass is 10.1. The maximum Gasteiger partial charge on any atom is 0.341 e. The number of nitrogens with one attached hydrogen (secondary N) is 1. The van der Waals surface area contributed by atoms with E-state index in [4.69, 9.17) is 4.74 Å². The van der Waals surface area contributed by atoms with E-state index in [0.29, 0.717) is 11.4 Å². The molecule has 0 aromatic heterocycles. The molecule has 1 aliphatic heterocycles. The summed E-state index contributed by atoms with van der Waals surface area (Å²) in [6.07, 6.45) is 0.909. The molecule has 0 saturated carbocycles. The summed E-state index contributed by atoms with van der Waals surface area (Å²) in [6.45, 7) is 4.93. The molecule has 3 rings (SSSR count). The fraction of sp³-hybridized carbons (Fsp3) is 0.391. The van der Waals surface area contributed by atoms with Crippen LogP contribution in [-0.2, 0) is 19.6 Å². The highest BCUT2D eigenvalue weighted by molar-refractivity contribution is 7.89. The first kappa shape index (κ1) is 23.7.